The van der Waals surface area contributed by atoms with Crippen LogP contribution in [0.25, 0.3) is 28.6 Å². The highest BCUT2D eigenvalue weighted by atomic mass is 32.1. The van der Waals surface area contributed by atoms with E-state index >= 15 is 0 Å². The minimum absolute atomic E-state index is 0.0304. The molecule has 4 aromatic rings. The molecule has 18 heteroatoms. The highest BCUT2D eigenvalue weighted by molar-refractivity contribution is 7.17. The smallest absolute Gasteiger partial charge is 0.286 e. The third-order valence-corrected chi connectivity index (χ3v) is 23.2. The SMILES string of the molecule is CCCCC(CC)CN(CC(CC)CCCC)c1nc(-c2c(C)cc(C)cc2C)c(/C=C2\C(=O)N(N(CCCC)CCCC)C(=O)C(C#N)=C2C)s1.CCCCC(CC)CN(CC(CC)CCCC)c1nc(-c2c(C)cc(C)cc2C)c(C=O)s1.CCCCN(CCCC)N1C(=O)CC(C)=C(C#N)C1=O.CO. The average molecular weight is 1510 g/mol. The van der Waals surface area contributed by atoms with E-state index in [4.69, 9.17) is 20.3 Å². The number of hydrogen-bond donors (Lipinski definition) is 1. The first-order chi connectivity index (χ1) is 51.4. The standard InChI is InChI=1S/C44H67N5O2S.C29H46N2OS.C15H23N3O2.CH4O/c1-11-17-21-35(15-5)29-47(30-36(16-6)22-18-12-2)44-46-41(40-32(8)25-31(7)26-33(40)9)39(52-44)27-37-34(10)38(28-45)43(51)49(42(37)50)48(23-19-13-3)24-20-14-4;1-8-12-14-24(10-3)18-31(19-25(11-4)15-13-9-2)29-30-28(26(20-32)33-29)27-22(6)16-21(5)17-23(27)7;1-4-6-8-17(9-7-5-2)18-14(19)10-12(3)13(11-16)15(18)20;1-2/h25-27,35-36H,11-24,29-30H2,1-10H3;16-17,20,24-25H,8-15,18-19H2,1-7H3;4-10H2,1-3H3;2H,1H3/b37-27-;;;. The summed E-state index contributed by atoms with van der Waals surface area (Å²) in [7, 11) is 1.00. The number of nitriles is 2. The van der Waals surface area contributed by atoms with Crippen molar-refractivity contribution < 1.29 is 29.1 Å². The number of imide groups is 2. The summed E-state index contributed by atoms with van der Waals surface area (Å²) >= 11 is 3.23. The summed E-state index contributed by atoms with van der Waals surface area (Å²) in [4.78, 5) is 82.3. The number of thiazole rings is 2. The number of aldehydes is 1. The third-order valence-electron chi connectivity index (χ3n) is 21.1. The maximum Gasteiger partial charge on any atom is 0.286 e. The van der Waals surface area contributed by atoms with Crippen molar-refractivity contribution in [2.24, 2.45) is 23.7 Å². The molecule has 0 saturated carbocycles. The summed E-state index contributed by atoms with van der Waals surface area (Å²) in [6.07, 6.45) is 30.0. The number of benzene rings is 2. The van der Waals surface area contributed by atoms with Crippen LogP contribution in [0.3, 0.4) is 0 Å². The van der Waals surface area contributed by atoms with Gasteiger partial charge in [0.1, 0.15) is 23.3 Å². The summed E-state index contributed by atoms with van der Waals surface area (Å²) in [5, 5.41) is 34.5. The molecule has 4 amide bonds. The second-order valence-corrected chi connectivity index (χ2v) is 31.9. The number of amides is 4. The lowest BCUT2D eigenvalue weighted by Crippen LogP contribution is -2.54. The van der Waals surface area contributed by atoms with Gasteiger partial charge in [-0.05, 0) is 170 Å². The van der Waals surface area contributed by atoms with Gasteiger partial charge in [-0.15, -0.1) is 0 Å². The Kier molecular flexibility index (Phi) is 45.0. The van der Waals surface area contributed by atoms with Crippen LogP contribution in [-0.2, 0) is 19.2 Å². The topological polar surface area (TPSA) is 198 Å². The predicted molar refractivity (Wildman–Crippen MR) is 450 cm³/mol. The normalized spacial score (nSPS) is 14.7. The molecule has 4 unspecified atom stereocenters. The minimum atomic E-state index is -0.522. The largest absolute Gasteiger partial charge is 0.400 e. The van der Waals surface area contributed by atoms with Crippen LogP contribution in [0.1, 0.15) is 305 Å². The Balaban J connectivity index is 0.000000458. The number of hydrogen-bond acceptors (Lipinski definition) is 16. The zero-order valence-electron chi connectivity index (χ0n) is 70.4. The van der Waals surface area contributed by atoms with Crippen molar-refractivity contribution in [1.82, 2.24) is 30.0 Å². The van der Waals surface area contributed by atoms with E-state index in [1.807, 2.05) is 17.2 Å². The molecular formula is C89H140N10O6S2. The van der Waals surface area contributed by atoms with Crippen LogP contribution in [0, 0.1) is 87.9 Å². The van der Waals surface area contributed by atoms with Gasteiger partial charge in [-0.3, -0.25) is 24.0 Å². The van der Waals surface area contributed by atoms with E-state index in [9.17, 15) is 29.2 Å². The number of anilines is 2. The van der Waals surface area contributed by atoms with Crippen LogP contribution in [-0.4, -0.2) is 124 Å². The molecule has 2 aliphatic heterocycles. The zero-order valence-corrected chi connectivity index (χ0v) is 72.0. The molecule has 0 fully saturated rings. The summed E-state index contributed by atoms with van der Waals surface area (Å²) < 4.78 is 0. The molecule has 0 spiro atoms. The number of hydrazine groups is 2. The molecule has 6 rings (SSSR count). The Hall–Kier alpha value is -6.67. The van der Waals surface area contributed by atoms with Gasteiger partial charge in [0.25, 0.3) is 17.7 Å². The number of nitrogens with zero attached hydrogens (tertiary/aromatic N) is 10. The van der Waals surface area contributed by atoms with Gasteiger partial charge in [-0.1, -0.05) is 244 Å². The quantitative estimate of drug-likeness (QED) is 0.0249. The number of unbranched alkanes of at least 4 members (excludes halogenated alkanes) is 8. The number of aromatic nitrogens is 2. The van der Waals surface area contributed by atoms with E-state index in [-0.39, 0.29) is 29.4 Å². The number of carbonyl (C=O) groups excluding carboxylic acids is 5. The van der Waals surface area contributed by atoms with Gasteiger partial charge < -0.3 is 14.9 Å². The Morgan fingerprint density at radius 1 is 0.467 bits per heavy atom. The van der Waals surface area contributed by atoms with E-state index < -0.39 is 11.8 Å². The fraction of sp³-hybridized carbons (Fsp3) is 0.652. The molecule has 2 aromatic heterocycles. The van der Waals surface area contributed by atoms with E-state index in [1.54, 1.807) is 41.5 Å². The Bertz CT molecular complexity index is 3510. The van der Waals surface area contributed by atoms with Crippen molar-refractivity contribution >= 4 is 68.9 Å². The van der Waals surface area contributed by atoms with Gasteiger partial charge in [0.05, 0.1) is 27.6 Å². The number of rotatable bonds is 44. The molecule has 0 radical (unpaired) electrons. The maximum absolute atomic E-state index is 14.5. The molecule has 2 aromatic carbocycles. The first-order valence-corrected chi connectivity index (χ1v) is 42.8. The van der Waals surface area contributed by atoms with Crippen LogP contribution in [0.15, 0.2) is 52.1 Å². The highest BCUT2D eigenvalue weighted by Gasteiger charge is 2.40. The van der Waals surface area contributed by atoms with Crippen LogP contribution < -0.4 is 9.80 Å². The molecule has 594 valence electrons. The lowest BCUT2D eigenvalue weighted by atomic mass is 9.93. The van der Waals surface area contributed by atoms with Crippen molar-refractivity contribution in [3.05, 3.63) is 95.3 Å². The third kappa shape index (κ3) is 28.0. The lowest BCUT2D eigenvalue weighted by Gasteiger charge is -2.36. The lowest BCUT2D eigenvalue weighted by molar-refractivity contribution is -0.163. The van der Waals surface area contributed by atoms with Gasteiger partial charge in [0, 0.05) is 76.2 Å². The minimum Gasteiger partial charge on any atom is -0.400 e. The van der Waals surface area contributed by atoms with E-state index in [0.29, 0.717) is 66.6 Å². The average Bonchev–Trinajstić information content (AvgIpc) is 1.75. The summed E-state index contributed by atoms with van der Waals surface area (Å²) in [6.45, 7) is 49.4. The summed E-state index contributed by atoms with van der Waals surface area (Å²) in [5.41, 5.74) is 12.6. The second kappa shape index (κ2) is 50.9. The Labute approximate surface area is 656 Å². The summed E-state index contributed by atoms with van der Waals surface area (Å²) in [5.74, 6) is 0.909. The molecule has 2 aliphatic rings. The zero-order chi connectivity index (χ0) is 79.9. The number of aliphatic hydroxyl groups excluding tert-OH is 1. The number of carbonyl (C=O) groups is 5. The van der Waals surface area contributed by atoms with Crippen molar-refractivity contribution in [1.29, 1.82) is 10.5 Å². The highest BCUT2D eigenvalue weighted by Crippen LogP contribution is 2.42. The molecule has 0 bridgehead atoms. The van der Waals surface area contributed by atoms with Crippen molar-refractivity contribution in [3.8, 4) is 34.7 Å². The molecule has 0 saturated heterocycles. The van der Waals surface area contributed by atoms with Crippen LogP contribution >= 0.6 is 22.7 Å². The first kappa shape index (κ1) is 94.5. The fourth-order valence-electron chi connectivity index (χ4n) is 14.6. The Morgan fingerprint density at radius 3 is 1.10 bits per heavy atom. The molecular weight excluding hydrogens is 1370 g/mol. The van der Waals surface area contributed by atoms with Crippen molar-refractivity contribution in [2.75, 3.05) is 69.3 Å². The van der Waals surface area contributed by atoms with Gasteiger partial charge in [-0.25, -0.2) is 30.0 Å². The summed E-state index contributed by atoms with van der Waals surface area (Å²) in [6, 6.07) is 12.9. The van der Waals surface area contributed by atoms with E-state index in [2.05, 4.69) is 165 Å². The predicted octanol–water partition coefficient (Wildman–Crippen LogP) is 22.2. The molecule has 1 N–H and O–H groups in total. The monoisotopic (exact) mass is 1510 g/mol. The molecule has 4 atom stereocenters. The van der Waals surface area contributed by atoms with Crippen molar-refractivity contribution in [2.45, 2.75) is 299 Å². The Morgan fingerprint density at radius 2 is 0.785 bits per heavy atom. The van der Waals surface area contributed by atoms with Crippen molar-refractivity contribution in [3.63, 3.8) is 0 Å². The molecule has 4 heterocycles. The molecule has 16 nitrogen and oxygen atoms in total. The van der Waals surface area contributed by atoms with Crippen LogP contribution in [0.4, 0.5) is 10.3 Å². The molecule has 0 aliphatic carbocycles. The maximum atomic E-state index is 14.5. The van der Waals surface area contributed by atoms with E-state index in [0.717, 1.165) is 157 Å². The van der Waals surface area contributed by atoms with Gasteiger partial charge in [0.15, 0.2) is 16.5 Å². The number of aryl methyl sites for hydroxylation is 6. The van der Waals surface area contributed by atoms with E-state index in [1.165, 1.54) is 122 Å². The number of aliphatic hydroxyl groups is 1. The molecule has 107 heavy (non-hydrogen) atoms. The van der Waals surface area contributed by atoms with Gasteiger partial charge in [-0.2, -0.15) is 10.5 Å². The first-order valence-electron chi connectivity index (χ1n) is 41.2. The second-order valence-electron chi connectivity index (χ2n) is 29.9. The van der Waals surface area contributed by atoms with Crippen LogP contribution in [0.5, 0.6) is 0 Å². The van der Waals surface area contributed by atoms with Gasteiger partial charge in [0.2, 0.25) is 5.91 Å². The van der Waals surface area contributed by atoms with Crippen LogP contribution in [0.2, 0.25) is 0 Å². The van der Waals surface area contributed by atoms with Gasteiger partial charge >= 0.3 is 0 Å². The fourth-order valence-corrected chi connectivity index (χ4v) is 16.5.